The van der Waals surface area contributed by atoms with Crippen molar-refractivity contribution in [2.24, 2.45) is 5.73 Å². The van der Waals surface area contributed by atoms with Crippen LogP contribution in [-0.2, 0) is 19.1 Å². The number of esters is 2. The third kappa shape index (κ3) is 4.38. The van der Waals surface area contributed by atoms with E-state index in [4.69, 9.17) is 15.2 Å². The van der Waals surface area contributed by atoms with Gasteiger partial charge in [-0.1, -0.05) is 30.3 Å². The first-order valence-corrected chi connectivity index (χ1v) is 11.6. The van der Waals surface area contributed by atoms with Crippen LogP contribution in [0.4, 0.5) is 15.8 Å². The first kappa shape index (κ1) is 24.8. The highest BCUT2D eigenvalue weighted by atomic mass is 19.1. The Morgan fingerprint density at radius 3 is 2.28 bits per heavy atom. The second-order valence-corrected chi connectivity index (χ2v) is 8.52. The molecule has 0 aliphatic carbocycles. The van der Waals surface area contributed by atoms with Gasteiger partial charge in [0.2, 0.25) is 0 Å². The SMILES string of the molecule is COC(=O)C1=C(C(=O)OC)N(c2ccc(N3CCCCC3)c(F)c2)C(N)=C(C#N)C1c1ccccc1. The molecule has 2 heterocycles. The molecule has 9 heteroatoms. The van der Waals surface area contributed by atoms with Crippen LogP contribution in [0.25, 0.3) is 0 Å². The van der Waals surface area contributed by atoms with Gasteiger partial charge in [0.15, 0.2) is 0 Å². The first-order chi connectivity index (χ1) is 17.4. The van der Waals surface area contributed by atoms with Gasteiger partial charge < -0.3 is 20.1 Å². The summed E-state index contributed by atoms with van der Waals surface area (Å²) in [5, 5.41) is 10.1. The molecule has 1 unspecified atom stereocenters. The fourth-order valence-corrected chi connectivity index (χ4v) is 4.81. The maximum atomic E-state index is 15.4. The molecule has 0 spiro atoms. The molecule has 36 heavy (non-hydrogen) atoms. The highest BCUT2D eigenvalue weighted by Gasteiger charge is 2.43. The normalized spacial score (nSPS) is 18.1. The molecule has 2 N–H and O–H groups in total. The second kappa shape index (κ2) is 10.5. The van der Waals surface area contributed by atoms with E-state index in [1.807, 2.05) is 4.90 Å². The van der Waals surface area contributed by atoms with Crippen LogP contribution in [0.5, 0.6) is 0 Å². The molecule has 2 aromatic carbocycles. The molecule has 1 saturated heterocycles. The number of carbonyl (C=O) groups is 2. The van der Waals surface area contributed by atoms with Crippen molar-refractivity contribution in [1.82, 2.24) is 0 Å². The van der Waals surface area contributed by atoms with Gasteiger partial charge in [-0.2, -0.15) is 5.26 Å². The Kier molecular flexibility index (Phi) is 7.25. The summed E-state index contributed by atoms with van der Waals surface area (Å²) in [5.41, 5.74) is 7.31. The van der Waals surface area contributed by atoms with E-state index < -0.39 is 23.7 Å². The van der Waals surface area contributed by atoms with Crippen LogP contribution in [0.3, 0.4) is 0 Å². The highest BCUT2D eigenvalue weighted by molar-refractivity contribution is 6.06. The van der Waals surface area contributed by atoms with E-state index in [1.165, 1.54) is 25.2 Å². The van der Waals surface area contributed by atoms with Crippen molar-refractivity contribution in [3.05, 3.63) is 82.6 Å². The van der Waals surface area contributed by atoms with Crippen molar-refractivity contribution in [2.45, 2.75) is 25.2 Å². The Bertz CT molecular complexity index is 1280. The zero-order chi connectivity index (χ0) is 25.8. The smallest absolute Gasteiger partial charge is 0.355 e. The molecule has 0 aromatic heterocycles. The molecule has 1 atom stereocenters. The first-order valence-electron chi connectivity index (χ1n) is 11.6. The minimum Gasteiger partial charge on any atom is -0.466 e. The van der Waals surface area contributed by atoms with Crippen molar-refractivity contribution in [3.8, 4) is 6.07 Å². The summed E-state index contributed by atoms with van der Waals surface area (Å²) < 4.78 is 25.4. The van der Waals surface area contributed by atoms with Gasteiger partial charge in [-0.15, -0.1) is 0 Å². The Morgan fingerprint density at radius 1 is 1.03 bits per heavy atom. The molecule has 4 rings (SSSR count). The lowest BCUT2D eigenvalue weighted by Gasteiger charge is -2.36. The number of rotatable bonds is 5. The maximum absolute atomic E-state index is 15.4. The van der Waals surface area contributed by atoms with Crippen molar-refractivity contribution in [1.29, 1.82) is 5.26 Å². The highest BCUT2D eigenvalue weighted by Crippen LogP contribution is 2.43. The van der Waals surface area contributed by atoms with Crippen LogP contribution in [0.1, 0.15) is 30.7 Å². The van der Waals surface area contributed by atoms with E-state index in [1.54, 1.807) is 42.5 Å². The van der Waals surface area contributed by atoms with E-state index >= 15 is 4.39 Å². The number of halogens is 1. The summed E-state index contributed by atoms with van der Waals surface area (Å²) in [4.78, 5) is 29.4. The van der Waals surface area contributed by atoms with Crippen LogP contribution in [-0.4, -0.2) is 39.2 Å². The molecule has 0 saturated carbocycles. The number of hydrogen-bond donors (Lipinski definition) is 1. The van der Waals surface area contributed by atoms with Gasteiger partial charge in [0.25, 0.3) is 0 Å². The lowest BCUT2D eigenvalue weighted by atomic mass is 9.81. The minimum absolute atomic E-state index is 0.0229. The average molecular weight is 491 g/mol. The van der Waals surface area contributed by atoms with Crippen molar-refractivity contribution < 1.29 is 23.5 Å². The molecule has 2 aliphatic rings. The standard InChI is InChI=1S/C27H27FN4O4/c1-35-26(33)23-22(17-9-5-3-6-10-17)19(16-29)25(30)32(24(23)27(34)36-2)18-11-12-21(20(28)15-18)31-13-7-4-8-14-31/h3,5-6,9-12,15,22H,4,7-8,13-14,30H2,1-2H3. The third-order valence-corrected chi connectivity index (χ3v) is 6.50. The molecule has 2 aliphatic heterocycles. The summed E-state index contributed by atoms with van der Waals surface area (Å²) in [7, 11) is 2.34. The number of hydrogen-bond acceptors (Lipinski definition) is 8. The summed E-state index contributed by atoms with van der Waals surface area (Å²) >= 11 is 0. The number of ether oxygens (including phenoxy) is 2. The Labute approximate surface area is 209 Å². The van der Waals surface area contributed by atoms with Gasteiger partial charge in [0, 0.05) is 19.2 Å². The fraction of sp³-hybridized carbons (Fsp3) is 0.296. The van der Waals surface area contributed by atoms with E-state index in [0.717, 1.165) is 32.4 Å². The molecule has 186 valence electrons. The minimum atomic E-state index is -0.980. The molecule has 1 fully saturated rings. The van der Waals surface area contributed by atoms with E-state index in [-0.39, 0.29) is 28.4 Å². The van der Waals surface area contributed by atoms with Crippen LogP contribution in [0.15, 0.2) is 71.2 Å². The van der Waals surface area contributed by atoms with Gasteiger partial charge in [0.05, 0.1) is 48.7 Å². The largest absolute Gasteiger partial charge is 0.466 e. The van der Waals surface area contributed by atoms with Gasteiger partial charge >= 0.3 is 11.9 Å². The van der Waals surface area contributed by atoms with E-state index in [0.29, 0.717) is 11.3 Å². The predicted molar refractivity (Wildman–Crippen MR) is 132 cm³/mol. The van der Waals surface area contributed by atoms with Crippen LogP contribution in [0, 0.1) is 17.1 Å². The molecule has 8 nitrogen and oxygen atoms in total. The number of methoxy groups -OCH3 is 2. The molecule has 2 aromatic rings. The number of benzene rings is 2. The summed E-state index contributed by atoms with van der Waals surface area (Å²) in [6.07, 6.45) is 3.06. The number of allylic oxidation sites excluding steroid dienone is 1. The number of nitrogens with two attached hydrogens (primary N) is 1. The number of carbonyl (C=O) groups excluding carboxylic acids is 2. The molecule has 0 amide bonds. The summed E-state index contributed by atoms with van der Waals surface area (Å²) in [6, 6.07) is 15.3. The lowest BCUT2D eigenvalue weighted by Crippen LogP contribution is -2.40. The Balaban J connectivity index is 1.94. The van der Waals surface area contributed by atoms with Crippen LogP contribution >= 0.6 is 0 Å². The van der Waals surface area contributed by atoms with Gasteiger partial charge in [-0.05, 0) is 37.0 Å². The number of nitrogens with zero attached hydrogens (tertiary/aromatic N) is 3. The fourth-order valence-electron chi connectivity index (χ4n) is 4.81. The number of nitriles is 1. The van der Waals surface area contributed by atoms with Crippen molar-refractivity contribution in [2.75, 3.05) is 37.1 Å². The summed E-state index contributed by atoms with van der Waals surface area (Å²) in [6.45, 7) is 1.50. The quantitative estimate of drug-likeness (QED) is 0.632. The predicted octanol–water partition coefficient (Wildman–Crippen LogP) is 3.71. The Hall–Kier alpha value is -4.32. The van der Waals surface area contributed by atoms with Crippen LogP contribution in [0.2, 0.25) is 0 Å². The van der Waals surface area contributed by atoms with Gasteiger partial charge in [-0.3, -0.25) is 4.90 Å². The van der Waals surface area contributed by atoms with Gasteiger partial charge in [0.1, 0.15) is 17.3 Å². The van der Waals surface area contributed by atoms with Crippen molar-refractivity contribution in [3.63, 3.8) is 0 Å². The topological polar surface area (TPSA) is 109 Å². The zero-order valence-corrected chi connectivity index (χ0v) is 20.2. The number of piperidine rings is 1. The van der Waals surface area contributed by atoms with E-state index in [2.05, 4.69) is 6.07 Å². The second-order valence-electron chi connectivity index (χ2n) is 8.52. The molecule has 0 radical (unpaired) electrons. The number of anilines is 2. The maximum Gasteiger partial charge on any atom is 0.355 e. The van der Waals surface area contributed by atoms with E-state index in [9.17, 15) is 14.9 Å². The third-order valence-electron chi connectivity index (χ3n) is 6.50. The zero-order valence-electron chi connectivity index (χ0n) is 20.2. The molecular weight excluding hydrogens is 463 g/mol. The monoisotopic (exact) mass is 490 g/mol. The lowest BCUT2D eigenvalue weighted by molar-refractivity contribution is -0.139. The van der Waals surface area contributed by atoms with Crippen molar-refractivity contribution >= 4 is 23.3 Å². The molecule has 0 bridgehead atoms. The van der Waals surface area contributed by atoms with Crippen LogP contribution < -0.4 is 15.5 Å². The average Bonchev–Trinajstić information content (AvgIpc) is 2.92. The van der Waals surface area contributed by atoms with Gasteiger partial charge in [-0.25, -0.2) is 14.0 Å². The Morgan fingerprint density at radius 2 is 1.69 bits per heavy atom. The molecular formula is C27H27FN4O4. The summed E-state index contributed by atoms with van der Waals surface area (Å²) in [5.74, 6) is -3.30.